The van der Waals surface area contributed by atoms with Crippen LogP contribution in [0.4, 0.5) is 0 Å². The Labute approximate surface area is 162 Å². The molecule has 3 amide bonds. The van der Waals surface area contributed by atoms with Crippen LogP contribution < -0.4 is 11.5 Å². The first-order valence-electron chi connectivity index (χ1n) is 9.28. The van der Waals surface area contributed by atoms with Crippen molar-refractivity contribution >= 4 is 17.7 Å². The average Bonchev–Trinajstić information content (AvgIpc) is 2.60. The molecule has 0 aliphatic rings. The maximum absolute atomic E-state index is 13.0. The van der Waals surface area contributed by atoms with Gasteiger partial charge in [-0.1, -0.05) is 13.0 Å². The molecule has 0 radical (unpaired) electrons. The Morgan fingerprint density at radius 1 is 1.19 bits per heavy atom. The smallest absolute Gasteiger partial charge is 0.245 e. The number of hydrogen-bond donors (Lipinski definition) is 2. The monoisotopic (exact) mass is 384 g/mol. The Balaban J connectivity index is 5.45. The molecule has 0 saturated carbocycles. The van der Waals surface area contributed by atoms with E-state index in [1.54, 1.807) is 13.1 Å². The van der Waals surface area contributed by atoms with Crippen LogP contribution in [0.25, 0.3) is 0 Å². The second-order valence-corrected chi connectivity index (χ2v) is 7.28. The third-order valence-electron chi connectivity index (χ3n) is 4.47. The molecule has 156 valence electrons. The van der Waals surface area contributed by atoms with E-state index < -0.39 is 23.6 Å². The number of nitrogens with two attached hydrogens (primary N) is 2. The van der Waals surface area contributed by atoms with Gasteiger partial charge < -0.3 is 26.0 Å². The summed E-state index contributed by atoms with van der Waals surface area (Å²) in [7, 11) is 3.10. The fraction of sp³-hybridized carbons (Fsp3) is 0.737. The van der Waals surface area contributed by atoms with Crippen molar-refractivity contribution in [2.45, 2.75) is 64.1 Å². The normalized spacial score (nSPS) is 13.6. The lowest BCUT2D eigenvalue weighted by Crippen LogP contribution is -2.56. The predicted octanol–water partition coefficient (Wildman–Crippen LogP) is 0.646. The highest BCUT2D eigenvalue weighted by atomic mass is 16.5. The largest absolute Gasteiger partial charge is 0.371 e. The third-order valence-corrected chi connectivity index (χ3v) is 4.47. The van der Waals surface area contributed by atoms with Gasteiger partial charge in [0.1, 0.15) is 12.1 Å². The molecule has 0 rings (SSSR count). The number of carbonyl (C=O) groups is 3. The molecule has 8 heteroatoms. The van der Waals surface area contributed by atoms with E-state index in [0.29, 0.717) is 25.9 Å². The van der Waals surface area contributed by atoms with Crippen LogP contribution in [0.1, 0.15) is 46.5 Å². The van der Waals surface area contributed by atoms with E-state index in [2.05, 4.69) is 6.58 Å². The lowest BCUT2D eigenvalue weighted by molar-refractivity contribution is -0.148. The van der Waals surface area contributed by atoms with Gasteiger partial charge >= 0.3 is 0 Å². The van der Waals surface area contributed by atoms with Gasteiger partial charge in [-0.25, -0.2) is 0 Å². The van der Waals surface area contributed by atoms with Crippen molar-refractivity contribution < 1.29 is 19.1 Å². The topological polar surface area (TPSA) is 119 Å². The average molecular weight is 385 g/mol. The second-order valence-electron chi connectivity index (χ2n) is 7.28. The summed E-state index contributed by atoms with van der Waals surface area (Å²) in [6.07, 6.45) is 3.16. The van der Waals surface area contributed by atoms with E-state index >= 15 is 0 Å². The second kappa shape index (κ2) is 11.7. The summed E-state index contributed by atoms with van der Waals surface area (Å²) in [6.45, 7) is 9.70. The van der Waals surface area contributed by atoms with Gasteiger partial charge in [-0.05, 0) is 33.2 Å². The van der Waals surface area contributed by atoms with E-state index in [-0.39, 0.29) is 24.8 Å². The zero-order valence-electron chi connectivity index (χ0n) is 17.4. The molecule has 0 aromatic heterocycles. The summed E-state index contributed by atoms with van der Waals surface area (Å²) >= 11 is 0. The first-order valence-corrected chi connectivity index (χ1v) is 9.28. The summed E-state index contributed by atoms with van der Waals surface area (Å²) in [5, 5.41) is 0. The Morgan fingerprint density at radius 2 is 1.78 bits per heavy atom. The molecule has 27 heavy (non-hydrogen) atoms. The van der Waals surface area contributed by atoms with Crippen molar-refractivity contribution in [2.24, 2.45) is 11.5 Å². The van der Waals surface area contributed by atoms with E-state index in [9.17, 15) is 14.4 Å². The van der Waals surface area contributed by atoms with Crippen LogP contribution in [0.15, 0.2) is 12.7 Å². The van der Waals surface area contributed by atoms with Gasteiger partial charge in [0.05, 0.1) is 12.2 Å². The molecule has 0 unspecified atom stereocenters. The van der Waals surface area contributed by atoms with Gasteiger partial charge in [-0.3, -0.25) is 14.4 Å². The first kappa shape index (κ1) is 25.1. The van der Waals surface area contributed by atoms with Crippen molar-refractivity contribution in [1.29, 1.82) is 0 Å². The number of hydrogen-bond acceptors (Lipinski definition) is 5. The van der Waals surface area contributed by atoms with Crippen LogP contribution in [0.2, 0.25) is 0 Å². The SMILES string of the molecule is C=CCOC(C)(C)C[C@@H](C(N)=O)N(C)C(=O)[C@@H](CCN)N(C)C(=O)CCC. The summed E-state index contributed by atoms with van der Waals surface area (Å²) < 4.78 is 5.67. The number of carbonyl (C=O) groups excluding carboxylic acids is 3. The van der Waals surface area contributed by atoms with Crippen LogP contribution in [0.5, 0.6) is 0 Å². The fourth-order valence-corrected chi connectivity index (χ4v) is 2.83. The molecule has 0 aliphatic heterocycles. The van der Waals surface area contributed by atoms with Crippen LogP contribution in [-0.2, 0) is 19.1 Å². The number of primary amides is 1. The number of ether oxygens (including phenoxy) is 1. The van der Waals surface area contributed by atoms with Crippen molar-refractivity contribution in [3.8, 4) is 0 Å². The Morgan fingerprint density at radius 3 is 2.22 bits per heavy atom. The molecule has 0 aromatic rings. The highest BCUT2D eigenvalue weighted by Gasteiger charge is 2.36. The van der Waals surface area contributed by atoms with Crippen molar-refractivity contribution in [1.82, 2.24) is 9.80 Å². The standard InChI is InChI=1S/C19H36N4O4/c1-7-9-16(24)22(5)14(10-11-20)18(26)23(6)15(17(21)25)13-19(3,4)27-12-8-2/h8,14-15H,2,7,9-13,20H2,1,3-6H3,(H2,21,25)/t14-,15+/m1/s1. The maximum atomic E-state index is 13.0. The van der Waals surface area contributed by atoms with E-state index in [1.807, 2.05) is 20.8 Å². The summed E-state index contributed by atoms with van der Waals surface area (Å²) in [5.41, 5.74) is 10.5. The van der Waals surface area contributed by atoms with Crippen LogP contribution >= 0.6 is 0 Å². The van der Waals surface area contributed by atoms with Gasteiger partial charge in [0.2, 0.25) is 17.7 Å². The summed E-state index contributed by atoms with van der Waals surface area (Å²) in [4.78, 5) is 40.0. The molecule has 0 aromatic carbocycles. The zero-order valence-corrected chi connectivity index (χ0v) is 17.4. The van der Waals surface area contributed by atoms with E-state index in [4.69, 9.17) is 16.2 Å². The van der Waals surface area contributed by atoms with Crippen LogP contribution in [0, 0.1) is 0 Å². The minimum Gasteiger partial charge on any atom is -0.371 e. The maximum Gasteiger partial charge on any atom is 0.245 e. The van der Waals surface area contributed by atoms with E-state index in [1.165, 1.54) is 16.8 Å². The van der Waals surface area contributed by atoms with Gasteiger partial charge in [-0.2, -0.15) is 0 Å². The van der Waals surface area contributed by atoms with E-state index in [0.717, 1.165) is 0 Å². The molecular formula is C19H36N4O4. The molecule has 4 N–H and O–H groups in total. The third kappa shape index (κ3) is 8.09. The summed E-state index contributed by atoms with van der Waals surface area (Å²) in [6, 6.07) is -1.61. The van der Waals surface area contributed by atoms with Crippen LogP contribution in [-0.4, -0.2) is 72.5 Å². The molecule has 2 atom stereocenters. The first-order chi connectivity index (χ1) is 12.5. The number of rotatable bonds is 13. The highest BCUT2D eigenvalue weighted by molar-refractivity contribution is 5.91. The Bertz CT molecular complexity index is 522. The van der Waals surface area contributed by atoms with Crippen molar-refractivity contribution in [3.63, 3.8) is 0 Å². The van der Waals surface area contributed by atoms with Gasteiger partial charge in [0, 0.05) is 26.9 Å². The molecule has 0 fully saturated rings. The highest BCUT2D eigenvalue weighted by Crippen LogP contribution is 2.21. The minimum absolute atomic E-state index is 0.136. The van der Waals surface area contributed by atoms with Crippen molar-refractivity contribution in [2.75, 3.05) is 27.2 Å². The molecule has 0 saturated heterocycles. The van der Waals surface area contributed by atoms with Gasteiger partial charge in [0.15, 0.2) is 0 Å². The number of likely N-dealkylation sites (N-methyl/N-ethyl adjacent to an activating group) is 2. The van der Waals surface area contributed by atoms with Crippen molar-refractivity contribution in [3.05, 3.63) is 12.7 Å². The zero-order chi connectivity index (χ0) is 21.2. The lowest BCUT2D eigenvalue weighted by Gasteiger charge is -2.36. The van der Waals surface area contributed by atoms with Gasteiger partial charge in [-0.15, -0.1) is 6.58 Å². The predicted molar refractivity (Wildman–Crippen MR) is 106 cm³/mol. The van der Waals surface area contributed by atoms with Crippen LogP contribution in [0.3, 0.4) is 0 Å². The van der Waals surface area contributed by atoms with Gasteiger partial charge in [0.25, 0.3) is 0 Å². The molecule has 0 bridgehead atoms. The Kier molecular flexibility index (Phi) is 10.9. The number of amides is 3. The summed E-state index contributed by atoms with van der Waals surface area (Å²) in [5.74, 6) is -1.13. The number of nitrogens with zero attached hydrogens (tertiary/aromatic N) is 2. The molecule has 8 nitrogen and oxygen atoms in total. The molecule has 0 heterocycles. The minimum atomic E-state index is -0.868. The Hall–Kier alpha value is -1.93. The molecule has 0 aliphatic carbocycles. The lowest BCUT2D eigenvalue weighted by atomic mass is 9.96. The molecule has 0 spiro atoms. The quantitative estimate of drug-likeness (QED) is 0.452. The fourth-order valence-electron chi connectivity index (χ4n) is 2.83. The molecular weight excluding hydrogens is 348 g/mol.